The van der Waals surface area contributed by atoms with Gasteiger partial charge in [0.25, 0.3) is 0 Å². The highest BCUT2D eigenvalue weighted by Crippen LogP contribution is 2.49. The predicted octanol–water partition coefficient (Wildman–Crippen LogP) is 7.91. The van der Waals surface area contributed by atoms with Crippen LogP contribution in [0.2, 0.25) is 0 Å². The third-order valence-corrected chi connectivity index (χ3v) is 16.6. The van der Waals surface area contributed by atoms with Crippen LogP contribution in [0.1, 0.15) is 151 Å². The second kappa shape index (κ2) is 18.7. The van der Waals surface area contributed by atoms with Crippen LogP contribution < -0.4 is 0 Å². The summed E-state index contributed by atoms with van der Waals surface area (Å²) in [5.74, 6) is -1.93. The van der Waals surface area contributed by atoms with Crippen LogP contribution in [0.5, 0.6) is 0 Å². The van der Waals surface area contributed by atoms with Crippen molar-refractivity contribution in [2.24, 2.45) is 0 Å². The molecule has 4 unspecified atom stereocenters. The van der Waals surface area contributed by atoms with Crippen molar-refractivity contribution in [1.29, 1.82) is 0 Å². The summed E-state index contributed by atoms with van der Waals surface area (Å²) >= 11 is 3.35. The van der Waals surface area contributed by atoms with Gasteiger partial charge in [-0.3, -0.25) is 38.4 Å². The highest BCUT2D eigenvalue weighted by atomic mass is 79.9. The van der Waals surface area contributed by atoms with Crippen molar-refractivity contribution in [3.63, 3.8) is 0 Å². The minimum absolute atomic E-state index is 0.0260. The first kappa shape index (κ1) is 53.1. The van der Waals surface area contributed by atoms with E-state index in [0.29, 0.717) is 50.9 Å². The maximum atomic E-state index is 12.5. The largest absolute Gasteiger partial charge is 0.483 e. The summed E-state index contributed by atoms with van der Waals surface area (Å²) in [4.78, 5) is 98.9. The molecule has 1 saturated heterocycles. The van der Waals surface area contributed by atoms with Gasteiger partial charge >= 0.3 is 0 Å². The summed E-state index contributed by atoms with van der Waals surface area (Å²) in [5, 5.41) is 30.5. The van der Waals surface area contributed by atoms with Crippen LogP contribution in [0.3, 0.4) is 0 Å². The molecule has 4 aromatic carbocycles. The van der Waals surface area contributed by atoms with Gasteiger partial charge in [0.15, 0.2) is 46.2 Å². The molecule has 17 heteroatoms. The van der Waals surface area contributed by atoms with Gasteiger partial charge in [-0.2, -0.15) is 0 Å². The monoisotopic (exact) mass is 1110 g/mol. The van der Waals surface area contributed by atoms with E-state index < -0.39 is 51.5 Å². The number of carbonyl (C=O) groups excluding carboxylic acids is 8. The fourth-order valence-corrected chi connectivity index (χ4v) is 11.0. The molecule has 16 nitrogen and oxygen atoms in total. The number of hydrogen-bond donors (Lipinski definition) is 3. The number of aliphatic hydroxyl groups excluding tert-OH is 3. The molecule has 0 spiro atoms. The van der Waals surface area contributed by atoms with Gasteiger partial charge in [0.2, 0.25) is 23.1 Å². The lowest BCUT2D eigenvalue weighted by Gasteiger charge is -2.41. The van der Waals surface area contributed by atoms with Crippen LogP contribution in [-0.4, -0.2) is 119 Å². The third-order valence-electron chi connectivity index (χ3n) is 15.0. The molecule has 0 aromatic heterocycles. The molecular formula is C60H53BrO16. The van der Waals surface area contributed by atoms with E-state index in [4.69, 9.17) is 23.7 Å². The van der Waals surface area contributed by atoms with Crippen LogP contribution in [0, 0.1) is 0 Å². The number of benzene rings is 4. The molecule has 5 heterocycles. The van der Waals surface area contributed by atoms with E-state index in [0.717, 1.165) is 6.42 Å². The van der Waals surface area contributed by atoms with Crippen LogP contribution in [-0.2, 0) is 23.7 Å². The van der Waals surface area contributed by atoms with Gasteiger partial charge in [-0.25, -0.2) is 0 Å². The second-order valence-corrected chi connectivity index (χ2v) is 23.0. The molecule has 4 aliphatic carbocycles. The van der Waals surface area contributed by atoms with Crippen molar-refractivity contribution in [3.8, 4) is 0 Å². The second-order valence-electron chi connectivity index (χ2n) is 22.0. The molecule has 77 heavy (non-hydrogen) atoms. The third kappa shape index (κ3) is 8.77. The number of carbonyl (C=O) groups is 8. The van der Waals surface area contributed by atoms with E-state index in [1.54, 1.807) is 119 Å². The zero-order chi connectivity index (χ0) is 55.6. The van der Waals surface area contributed by atoms with Crippen LogP contribution in [0.4, 0.5) is 0 Å². The summed E-state index contributed by atoms with van der Waals surface area (Å²) in [6.45, 7) is 14.3. The number of Topliss-reactive ketones (excluding diaryl/α,β-unsaturated/α-hetero) is 8. The molecule has 5 aliphatic heterocycles. The summed E-state index contributed by atoms with van der Waals surface area (Å²) in [6.07, 6.45) is -2.83. The van der Waals surface area contributed by atoms with E-state index in [2.05, 4.69) is 15.9 Å². The van der Waals surface area contributed by atoms with E-state index >= 15 is 0 Å². The summed E-state index contributed by atoms with van der Waals surface area (Å²) in [5.41, 5.74) is 0.940. The highest BCUT2D eigenvalue weighted by Gasteiger charge is 2.61. The Morgan fingerprint density at radius 2 is 0.753 bits per heavy atom. The topological polar surface area (TPSA) is 247 Å². The number of allylic oxidation sites excluding steroid dienone is 5. The first-order valence-electron chi connectivity index (χ1n) is 25.0. The molecule has 396 valence electrons. The van der Waals surface area contributed by atoms with Crippen molar-refractivity contribution < 1.29 is 77.4 Å². The van der Waals surface area contributed by atoms with Crippen molar-refractivity contribution in [1.82, 2.24) is 0 Å². The lowest BCUT2D eigenvalue weighted by molar-refractivity contribution is -0.124. The molecule has 13 rings (SSSR count). The van der Waals surface area contributed by atoms with Crippen LogP contribution in [0.15, 0.2) is 142 Å². The van der Waals surface area contributed by atoms with Gasteiger partial charge in [0.05, 0.1) is 21.5 Å². The fraction of sp³-hybridized carbons (Fsp3) is 0.333. The lowest BCUT2D eigenvalue weighted by atomic mass is 9.79. The van der Waals surface area contributed by atoms with Gasteiger partial charge in [-0.1, -0.05) is 113 Å². The Kier molecular flexibility index (Phi) is 12.9. The number of ether oxygens (including phenoxy) is 5. The molecule has 0 amide bonds. The quantitative estimate of drug-likeness (QED) is 0.112. The minimum Gasteiger partial charge on any atom is -0.483 e. The maximum Gasteiger partial charge on any atom is 0.228 e. The number of epoxide rings is 1. The van der Waals surface area contributed by atoms with Crippen LogP contribution >= 0.6 is 15.9 Å². The molecule has 0 saturated carbocycles. The highest BCUT2D eigenvalue weighted by molar-refractivity contribution is 9.09. The van der Waals surface area contributed by atoms with Gasteiger partial charge < -0.3 is 39.0 Å². The van der Waals surface area contributed by atoms with E-state index in [1.807, 2.05) is 27.7 Å². The summed E-state index contributed by atoms with van der Waals surface area (Å²) in [6, 6.07) is 26.8. The van der Waals surface area contributed by atoms with Crippen molar-refractivity contribution in [2.45, 2.75) is 126 Å². The molecule has 9 aliphatic rings. The molecule has 3 N–H and O–H groups in total. The molecular weight excluding hydrogens is 1060 g/mol. The number of halogens is 1. The number of ketones is 8. The smallest absolute Gasteiger partial charge is 0.228 e. The number of alkyl halides is 1. The molecule has 0 bridgehead atoms. The first-order valence-corrected chi connectivity index (χ1v) is 25.9. The average Bonchev–Trinajstić information content (AvgIpc) is 4.22. The normalized spacial score (nSPS) is 26.9. The Morgan fingerprint density at radius 1 is 0.416 bits per heavy atom. The number of hydrogen-bond acceptors (Lipinski definition) is 16. The Hall–Kier alpha value is -7.28. The first-order chi connectivity index (χ1) is 36.2. The molecule has 4 aromatic rings. The molecule has 1 fully saturated rings. The Labute approximate surface area is 450 Å². The van der Waals surface area contributed by atoms with Gasteiger partial charge in [-0.15, -0.1) is 0 Å². The fourth-order valence-electron chi connectivity index (χ4n) is 10.6. The molecule has 0 radical (unpaired) electrons. The summed E-state index contributed by atoms with van der Waals surface area (Å²) < 4.78 is 28.2. The standard InChI is InChI=1S/C15H13BrO4.C15H14O5.C15H12O4.C15H14O3/c1-15(2)14(16)12(19)9-10(17)7-5-3-4-6-8(7)11(18)13(9)20-15;1-15(2)14(19)12(18)9-10(16)7-5-3-4-6-8(7)11(17)13(9)20-15;1-15(2)14-13(18-14)9-10(16)7-5-3-4-6-8(7)11(17)12(9)19-15;1-15(2)8-7-11-12(16)9-5-3-4-6-10(9)13(17)14(11)18-15/h3-6,12,14,19H,1-2H3;3-6,12,14,18-19H,1-2H3;3-6,13-14H,1-2H3;3-6H,7-8H2,1-2H3/t;12-,14-;;/m.0../s1. The molecule has 6 atom stereocenters. The maximum absolute atomic E-state index is 12.5. The number of fused-ring (bicyclic) bond motifs is 6. The van der Waals surface area contributed by atoms with Gasteiger partial charge in [-0.05, 0) is 68.2 Å². The van der Waals surface area contributed by atoms with E-state index in [9.17, 15) is 53.7 Å². The Bertz CT molecular complexity index is 3380. The van der Waals surface area contributed by atoms with E-state index in [-0.39, 0.29) is 97.8 Å². The van der Waals surface area contributed by atoms with E-state index in [1.165, 1.54) is 6.07 Å². The van der Waals surface area contributed by atoms with Crippen molar-refractivity contribution in [2.75, 3.05) is 0 Å². The van der Waals surface area contributed by atoms with Crippen LogP contribution in [0.25, 0.3) is 0 Å². The van der Waals surface area contributed by atoms with Gasteiger partial charge in [0.1, 0.15) is 52.9 Å². The number of rotatable bonds is 0. The van der Waals surface area contributed by atoms with Gasteiger partial charge in [0, 0.05) is 50.1 Å². The SMILES string of the molecule is CC1(C)CCC2=C(O1)C(=O)c1ccccc1C2=O.CC1(C)OC2=C(C(=O)c3ccccc3C2=O)C(O)C1Br.CC1(C)OC2=C(C(=O)c3ccccc3C2=O)C2OC21.CC1(C)OC2=C(C(=O)c3ccccc3C2=O)[C@H](O)[C@@H]1O. The lowest BCUT2D eigenvalue weighted by Crippen LogP contribution is -2.54. The number of aliphatic hydroxyl groups is 3. The summed E-state index contributed by atoms with van der Waals surface area (Å²) in [7, 11) is 0. The Morgan fingerprint density at radius 3 is 1.19 bits per heavy atom. The average molecular weight is 1110 g/mol. The Balaban J connectivity index is 0.000000117. The van der Waals surface area contributed by atoms with Crippen molar-refractivity contribution >= 4 is 62.2 Å². The minimum atomic E-state index is -1.43. The zero-order valence-electron chi connectivity index (χ0n) is 43.1. The van der Waals surface area contributed by atoms with Crippen molar-refractivity contribution in [3.05, 3.63) is 187 Å². The zero-order valence-corrected chi connectivity index (χ0v) is 44.7. The predicted molar refractivity (Wildman–Crippen MR) is 278 cm³/mol.